The summed E-state index contributed by atoms with van der Waals surface area (Å²) in [6.45, 7) is 0.840. The molecule has 2 fully saturated rings. The molecule has 3 aromatic rings. The first-order chi connectivity index (χ1) is 14.5. The number of anilines is 2. The molecule has 1 aliphatic carbocycles. The summed E-state index contributed by atoms with van der Waals surface area (Å²) in [5, 5.41) is 3.77. The predicted molar refractivity (Wildman–Crippen MR) is 107 cm³/mol. The monoisotopic (exact) mass is 414 g/mol. The molecule has 1 saturated heterocycles. The minimum Gasteiger partial charge on any atom is -0.365 e. The van der Waals surface area contributed by atoms with Gasteiger partial charge in [-0.1, -0.05) is 6.07 Å². The molecule has 2 aliphatic rings. The predicted octanol–water partition coefficient (Wildman–Crippen LogP) is 4.57. The number of rotatable bonds is 4. The number of halogens is 3. The quantitative estimate of drug-likeness (QED) is 0.675. The van der Waals surface area contributed by atoms with Crippen LogP contribution >= 0.6 is 0 Å². The molecule has 5 rings (SSSR count). The van der Waals surface area contributed by atoms with E-state index < -0.39 is 11.9 Å². The smallest absolute Gasteiger partial charge is 0.365 e. The third kappa shape index (κ3) is 3.22. The largest absolute Gasteiger partial charge is 0.433 e. The topological polar surface area (TPSA) is 66.8 Å². The molecule has 9 heteroatoms. The van der Waals surface area contributed by atoms with Crippen molar-refractivity contribution >= 4 is 22.8 Å². The third-order valence-electron chi connectivity index (χ3n) is 6.19. The highest BCUT2D eigenvalue weighted by molar-refractivity contribution is 5.87. The first-order valence-electron chi connectivity index (χ1n) is 10.1. The summed E-state index contributed by atoms with van der Waals surface area (Å²) < 4.78 is 39.9. The Bertz CT molecular complexity index is 1080. The average Bonchev–Trinajstić information content (AvgIpc) is 3.17. The van der Waals surface area contributed by atoms with Crippen molar-refractivity contribution in [2.24, 2.45) is 0 Å². The Hall–Kier alpha value is -2.97. The minimum absolute atomic E-state index is 0.0473. The number of hydrogen-bond acceptors (Lipinski definition) is 6. The van der Waals surface area contributed by atoms with Gasteiger partial charge >= 0.3 is 6.18 Å². The zero-order valence-corrected chi connectivity index (χ0v) is 16.3. The van der Waals surface area contributed by atoms with E-state index in [9.17, 15) is 13.2 Å². The first kappa shape index (κ1) is 19.0. The fourth-order valence-corrected chi connectivity index (χ4v) is 4.58. The fraction of sp³-hybridized carbons (Fsp3) is 0.429. The van der Waals surface area contributed by atoms with Crippen LogP contribution in [0.5, 0.6) is 0 Å². The van der Waals surface area contributed by atoms with Gasteiger partial charge in [0, 0.05) is 36.6 Å². The highest BCUT2D eigenvalue weighted by Gasteiger charge is 2.46. The highest BCUT2D eigenvalue weighted by Crippen LogP contribution is 2.47. The molecular weight excluding hydrogens is 393 g/mol. The van der Waals surface area contributed by atoms with E-state index >= 15 is 0 Å². The fourth-order valence-electron chi connectivity index (χ4n) is 4.58. The Kier molecular flexibility index (Phi) is 4.48. The molecule has 4 heterocycles. The number of nitrogens with zero attached hydrogens (tertiary/aromatic N) is 5. The van der Waals surface area contributed by atoms with Crippen molar-refractivity contribution in [1.82, 2.24) is 19.9 Å². The average molecular weight is 414 g/mol. The summed E-state index contributed by atoms with van der Waals surface area (Å²) in [6, 6.07) is 6.52. The molecular formula is C21H21F3N6. The van der Waals surface area contributed by atoms with E-state index in [1.165, 1.54) is 18.6 Å². The molecule has 0 atom stereocenters. The molecule has 0 radical (unpaired) electrons. The maximum absolute atomic E-state index is 13.3. The van der Waals surface area contributed by atoms with Crippen LogP contribution in [0, 0.1) is 0 Å². The summed E-state index contributed by atoms with van der Waals surface area (Å²) in [5.74, 6) is 1.09. The molecule has 1 spiro atoms. The molecule has 156 valence electrons. The van der Waals surface area contributed by atoms with Gasteiger partial charge in [0.25, 0.3) is 0 Å². The van der Waals surface area contributed by atoms with E-state index in [4.69, 9.17) is 4.98 Å². The van der Waals surface area contributed by atoms with Crippen molar-refractivity contribution in [2.45, 2.75) is 50.4 Å². The van der Waals surface area contributed by atoms with Crippen molar-refractivity contribution in [3.05, 3.63) is 47.9 Å². The van der Waals surface area contributed by atoms with Crippen LogP contribution in [0.25, 0.3) is 11.0 Å². The van der Waals surface area contributed by atoms with Gasteiger partial charge in [0.2, 0.25) is 5.95 Å². The lowest BCUT2D eigenvalue weighted by atomic mass is 9.75. The van der Waals surface area contributed by atoms with Gasteiger partial charge in [-0.25, -0.2) is 4.98 Å². The Morgan fingerprint density at radius 3 is 2.53 bits per heavy atom. The lowest BCUT2D eigenvalue weighted by Gasteiger charge is -2.45. The van der Waals surface area contributed by atoms with Crippen LogP contribution in [-0.4, -0.2) is 32.0 Å². The second kappa shape index (κ2) is 7.07. The minimum atomic E-state index is -4.51. The van der Waals surface area contributed by atoms with Crippen molar-refractivity contribution in [2.75, 3.05) is 16.8 Å². The Balaban J connectivity index is 1.50. The van der Waals surface area contributed by atoms with Gasteiger partial charge in [0.1, 0.15) is 11.5 Å². The van der Waals surface area contributed by atoms with Crippen molar-refractivity contribution in [3.8, 4) is 0 Å². The Morgan fingerprint density at radius 1 is 1.00 bits per heavy atom. The van der Waals surface area contributed by atoms with Gasteiger partial charge in [0.05, 0.1) is 5.39 Å². The van der Waals surface area contributed by atoms with E-state index in [0.29, 0.717) is 22.8 Å². The Labute approximate surface area is 171 Å². The van der Waals surface area contributed by atoms with Crippen LogP contribution < -0.4 is 10.2 Å². The van der Waals surface area contributed by atoms with Gasteiger partial charge in [0.15, 0.2) is 5.65 Å². The van der Waals surface area contributed by atoms with Gasteiger partial charge < -0.3 is 10.2 Å². The highest BCUT2D eigenvalue weighted by atomic mass is 19.4. The summed E-state index contributed by atoms with van der Waals surface area (Å²) in [5.41, 5.74) is -0.151. The standard InChI is InChI=1S/C21H21F3N6/c22-21(23,24)16-14(5-1-10-25-16)13-27-18-15-6-2-11-26-17(15)28-19(29-18)30-12-4-9-20(30)7-3-8-20/h1-2,5-6,10-11H,3-4,7-9,12-13H2,(H,26,27,28,29). The summed E-state index contributed by atoms with van der Waals surface area (Å²) in [7, 11) is 0. The maximum Gasteiger partial charge on any atom is 0.433 e. The van der Waals surface area contributed by atoms with Gasteiger partial charge in [-0.05, 0) is 50.3 Å². The zero-order valence-electron chi connectivity index (χ0n) is 16.3. The van der Waals surface area contributed by atoms with Crippen LogP contribution in [0.2, 0.25) is 0 Å². The molecule has 0 bridgehead atoms. The number of aromatic nitrogens is 4. The normalized spacial score (nSPS) is 18.0. The maximum atomic E-state index is 13.3. The van der Waals surface area contributed by atoms with E-state index in [1.54, 1.807) is 12.3 Å². The number of pyridine rings is 2. The third-order valence-corrected chi connectivity index (χ3v) is 6.19. The molecule has 0 unspecified atom stereocenters. The van der Waals surface area contributed by atoms with Crippen LogP contribution in [0.15, 0.2) is 36.7 Å². The SMILES string of the molecule is FC(F)(F)c1ncccc1CNc1nc(N2CCCC23CCC3)nc2ncccc12. The van der Waals surface area contributed by atoms with Crippen LogP contribution in [-0.2, 0) is 12.7 Å². The molecule has 1 N–H and O–H groups in total. The van der Waals surface area contributed by atoms with E-state index in [-0.39, 0.29) is 17.6 Å². The molecule has 0 amide bonds. The van der Waals surface area contributed by atoms with Crippen LogP contribution in [0.4, 0.5) is 24.9 Å². The van der Waals surface area contributed by atoms with E-state index in [2.05, 4.69) is 25.2 Å². The van der Waals surface area contributed by atoms with Crippen LogP contribution in [0.3, 0.4) is 0 Å². The molecule has 30 heavy (non-hydrogen) atoms. The van der Waals surface area contributed by atoms with E-state index in [0.717, 1.165) is 38.4 Å². The number of alkyl halides is 3. The molecule has 1 saturated carbocycles. The summed E-state index contributed by atoms with van der Waals surface area (Å²) in [6.07, 6.45) is 3.99. The van der Waals surface area contributed by atoms with Crippen molar-refractivity contribution in [1.29, 1.82) is 0 Å². The van der Waals surface area contributed by atoms with Crippen molar-refractivity contribution in [3.63, 3.8) is 0 Å². The van der Waals surface area contributed by atoms with Crippen molar-refractivity contribution < 1.29 is 13.2 Å². The van der Waals surface area contributed by atoms with E-state index in [1.807, 2.05) is 6.07 Å². The molecule has 1 aliphatic heterocycles. The second-order valence-corrected chi connectivity index (χ2v) is 7.94. The van der Waals surface area contributed by atoms with Crippen LogP contribution in [0.1, 0.15) is 43.4 Å². The lowest BCUT2D eigenvalue weighted by Crippen LogP contribution is -2.50. The van der Waals surface area contributed by atoms with Gasteiger partial charge in [-0.3, -0.25) is 4.98 Å². The van der Waals surface area contributed by atoms with Gasteiger partial charge in [-0.15, -0.1) is 0 Å². The second-order valence-electron chi connectivity index (χ2n) is 7.94. The summed E-state index contributed by atoms with van der Waals surface area (Å²) in [4.78, 5) is 19.6. The first-order valence-corrected chi connectivity index (χ1v) is 10.1. The number of hydrogen-bond donors (Lipinski definition) is 1. The number of fused-ring (bicyclic) bond motifs is 1. The molecule has 3 aromatic heterocycles. The zero-order chi connectivity index (χ0) is 20.8. The summed E-state index contributed by atoms with van der Waals surface area (Å²) >= 11 is 0. The molecule has 6 nitrogen and oxygen atoms in total. The lowest BCUT2D eigenvalue weighted by molar-refractivity contribution is -0.141. The Morgan fingerprint density at radius 2 is 1.77 bits per heavy atom. The molecule has 0 aromatic carbocycles. The number of nitrogens with one attached hydrogen (secondary N) is 1. The van der Waals surface area contributed by atoms with Gasteiger partial charge in [-0.2, -0.15) is 23.1 Å².